The second kappa shape index (κ2) is 6.14. The number of nitrogens with zero attached hydrogens (tertiary/aromatic N) is 2. The summed E-state index contributed by atoms with van der Waals surface area (Å²) in [5.74, 6) is 0.679. The number of anilines is 2. The predicted molar refractivity (Wildman–Crippen MR) is 74.0 cm³/mol. The third kappa shape index (κ3) is 3.29. The molecule has 0 aromatic heterocycles. The van der Waals surface area contributed by atoms with Crippen molar-refractivity contribution in [1.82, 2.24) is 4.90 Å². The van der Waals surface area contributed by atoms with Gasteiger partial charge in [-0.25, -0.2) is 0 Å². The van der Waals surface area contributed by atoms with Crippen LogP contribution in [0, 0.1) is 0 Å². The van der Waals surface area contributed by atoms with E-state index in [4.69, 9.17) is 10.5 Å². The highest BCUT2D eigenvalue weighted by molar-refractivity contribution is 5.83. The molecule has 1 aromatic rings. The van der Waals surface area contributed by atoms with Gasteiger partial charge in [-0.2, -0.15) is 0 Å². The minimum Gasteiger partial charge on any atom is -0.492 e. The van der Waals surface area contributed by atoms with Gasteiger partial charge < -0.3 is 20.3 Å². The number of benzene rings is 1. The monoisotopic (exact) mass is 251 g/mol. The normalized spacial score (nSPS) is 10.0. The SMILES string of the molecule is CCOc1cccc(N(C)CC(=O)N(C)C)c1N. The minimum absolute atomic E-state index is 0.0266. The standard InChI is InChI=1S/C13H21N3O2/c1-5-18-11-8-6-7-10(13(11)14)16(4)9-12(17)15(2)3/h6-8H,5,9,14H2,1-4H3. The molecule has 0 fully saturated rings. The van der Waals surface area contributed by atoms with Gasteiger partial charge >= 0.3 is 0 Å². The molecule has 0 aliphatic carbocycles. The van der Waals surface area contributed by atoms with Crippen molar-refractivity contribution in [2.75, 3.05) is 44.9 Å². The average molecular weight is 251 g/mol. The molecular weight excluding hydrogens is 230 g/mol. The van der Waals surface area contributed by atoms with E-state index in [2.05, 4.69) is 0 Å². The lowest BCUT2D eigenvalue weighted by atomic mass is 10.2. The van der Waals surface area contributed by atoms with Gasteiger partial charge in [0.2, 0.25) is 5.91 Å². The van der Waals surface area contributed by atoms with E-state index in [1.54, 1.807) is 19.0 Å². The van der Waals surface area contributed by atoms with Gasteiger partial charge in [0.1, 0.15) is 5.75 Å². The average Bonchev–Trinajstić information content (AvgIpc) is 2.31. The Hall–Kier alpha value is -1.91. The number of nitrogen functional groups attached to an aromatic ring is 1. The molecule has 2 N–H and O–H groups in total. The summed E-state index contributed by atoms with van der Waals surface area (Å²) in [6.07, 6.45) is 0. The van der Waals surface area contributed by atoms with Crippen LogP contribution in [0.3, 0.4) is 0 Å². The van der Waals surface area contributed by atoms with Crippen LogP contribution >= 0.6 is 0 Å². The van der Waals surface area contributed by atoms with E-state index in [-0.39, 0.29) is 12.5 Å². The van der Waals surface area contributed by atoms with Gasteiger partial charge in [-0.3, -0.25) is 4.79 Å². The first-order chi connectivity index (χ1) is 8.47. The first kappa shape index (κ1) is 14.2. The third-order valence-corrected chi connectivity index (χ3v) is 2.63. The molecule has 0 saturated heterocycles. The van der Waals surface area contributed by atoms with Crippen LogP contribution in [0.25, 0.3) is 0 Å². The Morgan fingerprint density at radius 2 is 2.00 bits per heavy atom. The van der Waals surface area contributed by atoms with Crippen LogP contribution in [0.5, 0.6) is 5.75 Å². The van der Waals surface area contributed by atoms with Crippen LogP contribution in [0.1, 0.15) is 6.92 Å². The Labute approximate surface area is 108 Å². The molecular formula is C13H21N3O2. The highest BCUT2D eigenvalue weighted by atomic mass is 16.5. The number of carbonyl (C=O) groups is 1. The van der Waals surface area contributed by atoms with E-state index < -0.39 is 0 Å². The van der Waals surface area contributed by atoms with Gasteiger partial charge in [0.05, 0.1) is 24.5 Å². The molecule has 0 saturated carbocycles. The van der Waals surface area contributed by atoms with Gasteiger partial charge in [0.25, 0.3) is 0 Å². The van der Waals surface area contributed by atoms with Crippen molar-refractivity contribution in [3.8, 4) is 5.75 Å². The Morgan fingerprint density at radius 1 is 1.33 bits per heavy atom. The number of amides is 1. The van der Waals surface area contributed by atoms with Crippen molar-refractivity contribution in [2.45, 2.75) is 6.92 Å². The first-order valence-corrected chi connectivity index (χ1v) is 5.90. The predicted octanol–water partition coefficient (Wildman–Crippen LogP) is 1.19. The summed E-state index contributed by atoms with van der Waals surface area (Å²) in [6.45, 7) is 2.76. The molecule has 5 heteroatoms. The minimum atomic E-state index is 0.0266. The van der Waals surface area contributed by atoms with Gasteiger partial charge in [0, 0.05) is 21.1 Å². The highest BCUT2D eigenvalue weighted by Gasteiger charge is 2.13. The number of likely N-dealkylation sites (N-methyl/N-ethyl adjacent to an activating group) is 2. The zero-order valence-corrected chi connectivity index (χ0v) is 11.4. The van der Waals surface area contributed by atoms with E-state index in [1.165, 1.54) is 0 Å². The Kier molecular flexibility index (Phi) is 4.83. The molecule has 0 aliphatic rings. The van der Waals surface area contributed by atoms with E-state index in [1.807, 2.05) is 37.1 Å². The Bertz CT molecular complexity index is 419. The van der Waals surface area contributed by atoms with E-state index in [9.17, 15) is 4.79 Å². The van der Waals surface area contributed by atoms with Crippen LogP contribution in [0.15, 0.2) is 18.2 Å². The molecule has 0 bridgehead atoms. The number of hydrogen-bond donors (Lipinski definition) is 1. The largest absolute Gasteiger partial charge is 0.492 e. The molecule has 18 heavy (non-hydrogen) atoms. The summed E-state index contributed by atoms with van der Waals surface area (Å²) in [5, 5.41) is 0. The number of para-hydroxylation sites is 1. The van der Waals surface area contributed by atoms with Crippen LogP contribution < -0.4 is 15.4 Å². The van der Waals surface area contributed by atoms with Crippen LogP contribution in [0.2, 0.25) is 0 Å². The lowest BCUT2D eigenvalue weighted by Gasteiger charge is -2.23. The fourth-order valence-electron chi connectivity index (χ4n) is 1.58. The van der Waals surface area contributed by atoms with Crippen molar-refractivity contribution in [3.05, 3.63) is 18.2 Å². The number of ether oxygens (including phenoxy) is 1. The zero-order chi connectivity index (χ0) is 13.7. The van der Waals surface area contributed by atoms with Gasteiger partial charge in [-0.15, -0.1) is 0 Å². The van der Waals surface area contributed by atoms with Crippen molar-refractivity contribution < 1.29 is 9.53 Å². The molecule has 0 unspecified atom stereocenters. The summed E-state index contributed by atoms with van der Waals surface area (Å²) >= 11 is 0. The topological polar surface area (TPSA) is 58.8 Å². The zero-order valence-electron chi connectivity index (χ0n) is 11.4. The fraction of sp³-hybridized carbons (Fsp3) is 0.462. The molecule has 1 aromatic carbocycles. The van der Waals surface area contributed by atoms with E-state index in [0.717, 1.165) is 5.69 Å². The number of hydrogen-bond acceptors (Lipinski definition) is 4. The molecule has 1 rings (SSSR count). The lowest BCUT2D eigenvalue weighted by molar-refractivity contribution is -0.127. The third-order valence-electron chi connectivity index (χ3n) is 2.63. The maximum Gasteiger partial charge on any atom is 0.241 e. The van der Waals surface area contributed by atoms with Crippen molar-refractivity contribution in [2.24, 2.45) is 0 Å². The maximum atomic E-state index is 11.7. The summed E-state index contributed by atoms with van der Waals surface area (Å²) in [6, 6.07) is 5.57. The second-order valence-electron chi connectivity index (χ2n) is 4.27. The molecule has 100 valence electrons. The van der Waals surface area contributed by atoms with Crippen LogP contribution in [-0.4, -0.2) is 45.1 Å². The van der Waals surface area contributed by atoms with Crippen LogP contribution in [-0.2, 0) is 4.79 Å². The van der Waals surface area contributed by atoms with Gasteiger partial charge in [-0.05, 0) is 19.1 Å². The smallest absolute Gasteiger partial charge is 0.241 e. The summed E-state index contributed by atoms with van der Waals surface area (Å²) < 4.78 is 5.43. The first-order valence-electron chi connectivity index (χ1n) is 5.90. The fourth-order valence-corrected chi connectivity index (χ4v) is 1.58. The van der Waals surface area contributed by atoms with Crippen molar-refractivity contribution in [1.29, 1.82) is 0 Å². The Balaban J connectivity index is 2.88. The van der Waals surface area contributed by atoms with Crippen LogP contribution in [0.4, 0.5) is 11.4 Å². The number of nitrogens with two attached hydrogens (primary N) is 1. The molecule has 1 amide bonds. The quantitative estimate of drug-likeness (QED) is 0.799. The van der Waals surface area contributed by atoms with Gasteiger partial charge in [0.15, 0.2) is 0 Å². The second-order valence-corrected chi connectivity index (χ2v) is 4.27. The van der Waals surface area contributed by atoms with Gasteiger partial charge in [-0.1, -0.05) is 6.07 Å². The molecule has 0 spiro atoms. The molecule has 0 aliphatic heterocycles. The molecule has 5 nitrogen and oxygen atoms in total. The van der Waals surface area contributed by atoms with Crippen molar-refractivity contribution in [3.63, 3.8) is 0 Å². The summed E-state index contributed by atoms with van der Waals surface area (Å²) in [7, 11) is 5.30. The van der Waals surface area contributed by atoms with E-state index >= 15 is 0 Å². The molecule has 0 radical (unpaired) electrons. The molecule has 0 heterocycles. The summed E-state index contributed by atoms with van der Waals surface area (Å²) in [4.78, 5) is 15.0. The Morgan fingerprint density at radius 3 is 2.56 bits per heavy atom. The lowest BCUT2D eigenvalue weighted by Crippen LogP contribution is -2.34. The number of rotatable bonds is 5. The van der Waals surface area contributed by atoms with Crippen molar-refractivity contribution >= 4 is 17.3 Å². The molecule has 0 atom stereocenters. The highest BCUT2D eigenvalue weighted by Crippen LogP contribution is 2.31. The number of carbonyl (C=O) groups excluding carboxylic acids is 1. The van der Waals surface area contributed by atoms with E-state index in [0.29, 0.717) is 18.0 Å². The maximum absolute atomic E-state index is 11.7. The summed E-state index contributed by atoms with van der Waals surface area (Å²) in [5.41, 5.74) is 7.40.